The van der Waals surface area contributed by atoms with E-state index in [1.54, 1.807) is 30.3 Å². The molecule has 1 atom stereocenters. The lowest BCUT2D eigenvalue weighted by molar-refractivity contribution is -0.384. The van der Waals surface area contributed by atoms with E-state index in [0.717, 1.165) is 6.54 Å². The van der Waals surface area contributed by atoms with Crippen LogP contribution in [0.3, 0.4) is 0 Å². The van der Waals surface area contributed by atoms with Gasteiger partial charge in [0.15, 0.2) is 0 Å². The van der Waals surface area contributed by atoms with Crippen LogP contribution in [-0.4, -0.2) is 23.4 Å². The molecule has 2 aromatic carbocycles. The molecule has 1 aromatic heterocycles. The molecule has 1 fully saturated rings. The Morgan fingerprint density at radius 1 is 1.12 bits per heavy atom. The number of rotatable bonds is 6. The van der Waals surface area contributed by atoms with E-state index in [1.807, 2.05) is 24.3 Å². The Morgan fingerprint density at radius 2 is 1.91 bits per heavy atom. The summed E-state index contributed by atoms with van der Waals surface area (Å²) in [6.07, 6.45) is 6.60. The third-order valence-corrected chi connectivity index (χ3v) is 5.66. The maximum Gasteiger partial charge on any atom is 0.280 e. The Balaban J connectivity index is 1.39. The smallest absolute Gasteiger partial charge is 0.280 e. The van der Waals surface area contributed by atoms with Crippen LogP contribution in [0, 0.1) is 10.1 Å². The number of hydrogen-bond donors (Lipinski definition) is 1. The van der Waals surface area contributed by atoms with Crippen molar-refractivity contribution in [3.8, 4) is 11.3 Å². The molecule has 7 nitrogen and oxygen atoms in total. The zero-order valence-corrected chi connectivity index (χ0v) is 17.9. The summed E-state index contributed by atoms with van der Waals surface area (Å²) in [7, 11) is 0. The van der Waals surface area contributed by atoms with Crippen LogP contribution in [0.25, 0.3) is 17.4 Å². The van der Waals surface area contributed by atoms with Gasteiger partial charge >= 0.3 is 0 Å². The molecule has 164 valence electrons. The van der Waals surface area contributed by atoms with Crippen molar-refractivity contribution in [1.29, 1.82) is 0 Å². The second-order valence-corrected chi connectivity index (χ2v) is 7.88. The molecule has 32 heavy (non-hydrogen) atoms. The molecule has 1 aliphatic heterocycles. The van der Waals surface area contributed by atoms with Crippen LogP contribution in [0.15, 0.2) is 71.2 Å². The highest BCUT2D eigenvalue weighted by molar-refractivity contribution is 6.01. The zero-order valence-electron chi connectivity index (χ0n) is 17.9. The van der Waals surface area contributed by atoms with E-state index >= 15 is 0 Å². The molecule has 1 aliphatic rings. The van der Waals surface area contributed by atoms with Crippen molar-refractivity contribution in [2.45, 2.75) is 32.2 Å². The summed E-state index contributed by atoms with van der Waals surface area (Å²) in [6, 6.07) is 18.1. The van der Waals surface area contributed by atoms with E-state index < -0.39 is 4.92 Å². The summed E-state index contributed by atoms with van der Waals surface area (Å²) in [4.78, 5) is 25.5. The molecule has 0 radical (unpaired) electrons. The van der Waals surface area contributed by atoms with Gasteiger partial charge in [-0.2, -0.15) is 0 Å². The largest absolute Gasteiger partial charge is 0.456 e. The molecule has 2 heterocycles. The molecule has 0 aliphatic carbocycles. The Kier molecular flexibility index (Phi) is 6.35. The van der Waals surface area contributed by atoms with Gasteiger partial charge < -0.3 is 14.6 Å². The maximum absolute atomic E-state index is 12.3. The molecule has 0 unspecified atom stereocenters. The number of carbonyl (C=O) groups excluding carboxylic acids is 1. The Morgan fingerprint density at radius 3 is 2.66 bits per heavy atom. The number of amides is 1. The molecule has 1 saturated heterocycles. The standard InChI is InChI=1S/C25H25N3O4/c1-18-6-4-5-17-27(18)20-11-9-19(10-12-20)26-25(29)16-14-21-13-15-24(32-21)22-7-2-3-8-23(22)28(30)31/h2-3,7-16,18H,4-6,17H2,1H3,(H,26,29)/b16-14+/t18-/m1/s1. The van der Waals surface area contributed by atoms with Crippen LogP contribution in [0.4, 0.5) is 17.1 Å². The highest BCUT2D eigenvalue weighted by Crippen LogP contribution is 2.31. The van der Waals surface area contributed by atoms with Crippen LogP contribution >= 0.6 is 0 Å². The van der Waals surface area contributed by atoms with Gasteiger partial charge in [-0.1, -0.05) is 12.1 Å². The predicted octanol–water partition coefficient (Wildman–Crippen LogP) is 5.89. The number of nitrogens with one attached hydrogen (secondary N) is 1. The predicted molar refractivity (Wildman–Crippen MR) is 126 cm³/mol. The van der Waals surface area contributed by atoms with E-state index in [-0.39, 0.29) is 11.6 Å². The minimum Gasteiger partial charge on any atom is -0.456 e. The molecule has 3 aromatic rings. The van der Waals surface area contributed by atoms with Crippen molar-refractivity contribution < 1.29 is 14.1 Å². The average molecular weight is 431 g/mol. The van der Waals surface area contributed by atoms with Crippen LogP contribution < -0.4 is 10.2 Å². The van der Waals surface area contributed by atoms with Crippen molar-refractivity contribution in [2.24, 2.45) is 0 Å². The Labute approximate surface area is 186 Å². The van der Waals surface area contributed by atoms with Crippen molar-refractivity contribution in [3.63, 3.8) is 0 Å². The number of nitro groups is 1. The molecule has 7 heteroatoms. The van der Waals surface area contributed by atoms with Gasteiger partial charge in [0.05, 0.1) is 10.5 Å². The van der Waals surface area contributed by atoms with Crippen molar-refractivity contribution in [3.05, 3.63) is 82.6 Å². The topological polar surface area (TPSA) is 88.6 Å². The molecule has 4 rings (SSSR count). The first-order valence-electron chi connectivity index (χ1n) is 10.7. The summed E-state index contributed by atoms with van der Waals surface area (Å²) in [5.41, 5.74) is 2.25. The van der Waals surface area contributed by atoms with E-state index in [4.69, 9.17) is 4.42 Å². The highest BCUT2D eigenvalue weighted by atomic mass is 16.6. The van der Waals surface area contributed by atoms with Crippen LogP contribution in [-0.2, 0) is 4.79 Å². The second-order valence-electron chi connectivity index (χ2n) is 7.88. The van der Waals surface area contributed by atoms with Crippen molar-refractivity contribution >= 4 is 29.0 Å². The first-order chi connectivity index (χ1) is 15.5. The highest BCUT2D eigenvalue weighted by Gasteiger charge is 2.18. The lowest BCUT2D eigenvalue weighted by atomic mass is 10.0. The fourth-order valence-electron chi connectivity index (χ4n) is 3.99. The van der Waals surface area contributed by atoms with Gasteiger partial charge in [-0.15, -0.1) is 0 Å². The van der Waals surface area contributed by atoms with Gasteiger partial charge in [0.2, 0.25) is 5.91 Å². The first kappa shape index (κ1) is 21.4. The quantitative estimate of drug-likeness (QED) is 0.299. The second kappa shape index (κ2) is 9.51. The summed E-state index contributed by atoms with van der Waals surface area (Å²) >= 11 is 0. The molecule has 0 saturated carbocycles. The average Bonchev–Trinajstić information content (AvgIpc) is 3.28. The number of carbonyl (C=O) groups is 1. The van der Waals surface area contributed by atoms with Gasteiger partial charge in [-0.25, -0.2) is 0 Å². The number of nitrogens with zero attached hydrogens (tertiary/aromatic N) is 2. The summed E-state index contributed by atoms with van der Waals surface area (Å²) < 4.78 is 5.68. The third-order valence-electron chi connectivity index (χ3n) is 5.66. The normalized spacial score (nSPS) is 16.3. The number of furan rings is 1. The van der Waals surface area contributed by atoms with E-state index in [2.05, 4.69) is 17.1 Å². The SMILES string of the molecule is C[C@@H]1CCCCN1c1ccc(NC(=O)/C=C/c2ccc(-c3ccccc3[N+](=O)[O-])o2)cc1. The molecule has 1 N–H and O–H groups in total. The fourth-order valence-corrected chi connectivity index (χ4v) is 3.99. The Hall–Kier alpha value is -3.87. The van der Waals surface area contributed by atoms with Gasteiger partial charge in [-0.05, 0) is 74.7 Å². The lowest BCUT2D eigenvalue weighted by Gasteiger charge is -2.35. The maximum atomic E-state index is 12.3. The first-order valence-corrected chi connectivity index (χ1v) is 10.7. The number of benzene rings is 2. The number of para-hydroxylation sites is 1. The lowest BCUT2D eigenvalue weighted by Crippen LogP contribution is -2.37. The molecular formula is C25H25N3O4. The van der Waals surface area contributed by atoms with E-state index in [1.165, 1.54) is 43.2 Å². The molecular weight excluding hydrogens is 406 g/mol. The molecule has 0 spiro atoms. The number of piperidine rings is 1. The summed E-state index contributed by atoms with van der Waals surface area (Å²) in [5.74, 6) is 0.523. The van der Waals surface area contributed by atoms with Gasteiger partial charge in [0.25, 0.3) is 5.69 Å². The van der Waals surface area contributed by atoms with Gasteiger partial charge in [-0.3, -0.25) is 14.9 Å². The minimum absolute atomic E-state index is 0.0301. The van der Waals surface area contributed by atoms with E-state index in [0.29, 0.717) is 28.8 Å². The number of hydrogen-bond acceptors (Lipinski definition) is 5. The zero-order chi connectivity index (χ0) is 22.5. The summed E-state index contributed by atoms with van der Waals surface area (Å²) in [6.45, 7) is 3.31. The third kappa shape index (κ3) is 4.88. The van der Waals surface area contributed by atoms with Crippen molar-refractivity contribution in [1.82, 2.24) is 0 Å². The van der Waals surface area contributed by atoms with E-state index in [9.17, 15) is 14.9 Å². The van der Waals surface area contributed by atoms with Crippen molar-refractivity contribution in [2.75, 3.05) is 16.8 Å². The molecule has 1 amide bonds. The van der Waals surface area contributed by atoms with Crippen LogP contribution in [0.5, 0.6) is 0 Å². The molecule has 0 bridgehead atoms. The van der Waals surface area contributed by atoms with Crippen LogP contribution in [0.1, 0.15) is 31.9 Å². The number of anilines is 2. The van der Waals surface area contributed by atoms with Gasteiger partial charge in [0, 0.05) is 36.1 Å². The van der Waals surface area contributed by atoms with Crippen LogP contribution in [0.2, 0.25) is 0 Å². The fraction of sp³-hybridized carbons (Fsp3) is 0.240. The number of nitro benzene ring substituents is 1. The minimum atomic E-state index is -0.446. The summed E-state index contributed by atoms with van der Waals surface area (Å²) in [5, 5.41) is 14.1. The Bertz CT molecular complexity index is 1130. The van der Waals surface area contributed by atoms with Gasteiger partial charge in [0.1, 0.15) is 11.5 Å². The monoisotopic (exact) mass is 431 g/mol.